The van der Waals surface area contributed by atoms with Crippen LogP contribution in [0.15, 0.2) is 49.1 Å². The standard InChI is InChI=1S/C21H22N2O3/c1-3-19-9-6-11-23-12-10-20(16(19)23)14-7-4-5-8-15(14)22-17(24)21(20,13-19)18(25)26-2/h3-9,16H,1,10-13H2,2H3,(H,22,24)/t16-,19-,20+,21-/m0/s1. The first-order chi connectivity index (χ1) is 12.6. The van der Waals surface area contributed by atoms with Crippen molar-refractivity contribution in [3.63, 3.8) is 0 Å². The van der Waals surface area contributed by atoms with Crippen LogP contribution in [-0.4, -0.2) is 43.0 Å². The number of hydrogen-bond acceptors (Lipinski definition) is 4. The van der Waals surface area contributed by atoms with Crippen molar-refractivity contribution in [2.24, 2.45) is 10.8 Å². The third-order valence-electron chi connectivity index (χ3n) is 7.19. The van der Waals surface area contributed by atoms with E-state index in [0.717, 1.165) is 30.8 Å². The molecule has 0 unspecified atom stereocenters. The number of rotatable bonds is 2. The van der Waals surface area contributed by atoms with Crippen LogP contribution < -0.4 is 5.32 Å². The maximum absolute atomic E-state index is 13.5. The molecule has 1 saturated carbocycles. The van der Waals surface area contributed by atoms with Crippen molar-refractivity contribution in [2.45, 2.75) is 24.3 Å². The largest absolute Gasteiger partial charge is 0.468 e. The number of hydrogen-bond donors (Lipinski definition) is 1. The van der Waals surface area contributed by atoms with E-state index < -0.39 is 22.2 Å². The zero-order valence-electron chi connectivity index (χ0n) is 14.8. The van der Waals surface area contributed by atoms with Gasteiger partial charge in [0.25, 0.3) is 0 Å². The predicted octanol–water partition coefficient (Wildman–Crippen LogP) is 2.26. The molecular formula is C21H22N2O3. The number of nitrogens with zero attached hydrogens (tertiary/aromatic N) is 1. The van der Waals surface area contributed by atoms with E-state index in [-0.39, 0.29) is 11.9 Å². The van der Waals surface area contributed by atoms with E-state index in [2.05, 4.69) is 35.0 Å². The van der Waals surface area contributed by atoms with Gasteiger partial charge in [0, 0.05) is 29.1 Å². The number of methoxy groups -OCH3 is 1. The number of carbonyl (C=O) groups is 2. The third kappa shape index (κ3) is 1.45. The van der Waals surface area contributed by atoms with Gasteiger partial charge in [0.1, 0.15) is 0 Å². The summed E-state index contributed by atoms with van der Waals surface area (Å²) in [7, 11) is 1.38. The highest BCUT2D eigenvalue weighted by atomic mass is 16.5. The summed E-state index contributed by atoms with van der Waals surface area (Å²) >= 11 is 0. The molecule has 1 N–H and O–H groups in total. The number of benzene rings is 1. The van der Waals surface area contributed by atoms with Crippen molar-refractivity contribution in [2.75, 3.05) is 25.5 Å². The number of nitrogens with one attached hydrogen (secondary N) is 1. The SMILES string of the molecule is C=C[C@]12C=CCN3CC[C@@]4(c5ccccc5NC(=O)[C@]4(C(=O)OC)C1)[C@@H]32. The molecule has 0 aromatic heterocycles. The monoisotopic (exact) mass is 350 g/mol. The van der Waals surface area contributed by atoms with E-state index in [1.165, 1.54) is 7.11 Å². The summed E-state index contributed by atoms with van der Waals surface area (Å²) in [6.07, 6.45) is 7.39. The first-order valence-electron chi connectivity index (χ1n) is 9.10. The molecule has 1 saturated heterocycles. The van der Waals surface area contributed by atoms with Gasteiger partial charge in [-0.1, -0.05) is 36.4 Å². The number of fused-ring (bicyclic) bond motifs is 1. The zero-order chi connectivity index (χ0) is 18.2. The first kappa shape index (κ1) is 15.8. The van der Waals surface area contributed by atoms with Gasteiger partial charge < -0.3 is 10.1 Å². The number of para-hydroxylation sites is 1. The Morgan fingerprint density at radius 3 is 3.00 bits per heavy atom. The highest BCUT2D eigenvalue weighted by molar-refractivity contribution is 6.14. The van der Waals surface area contributed by atoms with Gasteiger partial charge in [-0.25, -0.2) is 0 Å². The first-order valence-corrected chi connectivity index (χ1v) is 9.10. The Hall–Kier alpha value is -2.40. The molecule has 2 fully saturated rings. The second-order valence-electron chi connectivity index (χ2n) is 7.91. The van der Waals surface area contributed by atoms with Crippen LogP contribution in [0, 0.1) is 10.8 Å². The normalized spacial score (nSPS) is 39.6. The van der Waals surface area contributed by atoms with Crippen molar-refractivity contribution in [1.29, 1.82) is 0 Å². The molecule has 5 rings (SSSR count). The molecule has 4 aliphatic rings. The quantitative estimate of drug-likeness (QED) is 0.505. The van der Waals surface area contributed by atoms with Crippen LogP contribution in [0.1, 0.15) is 18.4 Å². The molecule has 26 heavy (non-hydrogen) atoms. The minimum absolute atomic E-state index is 0.0313. The minimum Gasteiger partial charge on any atom is -0.468 e. The topological polar surface area (TPSA) is 58.6 Å². The molecule has 4 atom stereocenters. The summed E-state index contributed by atoms with van der Waals surface area (Å²) < 4.78 is 5.24. The van der Waals surface area contributed by atoms with Crippen molar-refractivity contribution >= 4 is 17.6 Å². The van der Waals surface area contributed by atoms with Crippen LogP contribution in [0.2, 0.25) is 0 Å². The Balaban J connectivity index is 1.90. The summed E-state index contributed by atoms with van der Waals surface area (Å²) in [5, 5.41) is 3.00. The van der Waals surface area contributed by atoms with Gasteiger partial charge in [-0.05, 0) is 31.0 Å². The zero-order valence-corrected chi connectivity index (χ0v) is 14.8. The van der Waals surface area contributed by atoms with Gasteiger partial charge in [-0.2, -0.15) is 0 Å². The molecule has 1 aromatic rings. The molecule has 1 spiro atoms. The van der Waals surface area contributed by atoms with E-state index in [1.807, 2.05) is 24.3 Å². The molecule has 1 aromatic carbocycles. The second-order valence-corrected chi connectivity index (χ2v) is 7.91. The Morgan fingerprint density at radius 2 is 2.23 bits per heavy atom. The molecule has 134 valence electrons. The number of amides is 1. The highest BCUT2D eigenvalue weighted by Crippen LogP contribution is 2.71. The summed E-state index contributed by atoms with van der Waals surface area (Å²) in [5.74, 6) is -0.677. The lowest BCUT2D eigenvalue weighted by atomic mass is 9.57. The number of anilines is 1. The molecule has 3 heterocycles. The number of carbonyl (C=O) groups excluding carboxylic acids is 2. The molecule has 0 radical (unpaired) electrons. The van der Waals surface area contributed by atoms with E-state index in [9.17, 15) is 9.59 Å². The molecule has 5 nitrogen and oxygen atoms in total. The fourth-order valence-electron chi connectivity index (χ4n) is 6.39. The van der Waals surface area contributed by atoms with E-state index in [4.69, 9.17) is 4.74 Å². The van der Waals surface area contributed by atoms with Crippen LogP contribution in [0.5, 0.6) is 0 Å². The van der Waals surface area contributed by atoms with Crippen LogP contribution >= 0.6 is 0 Å². The molecular weight excluding hydrogens is 328 g/mol. The van der Waals surface area contributed by atoms with Crippen LogP contribution in [0.3, 0.4) is 0 Å². The Morgan fingerprint density at radius 1 is 1.42 bits per heavy atom. The van der Waals surface area contributed by atoms with Crippen molar-refractivity contribution in [1.82, 2.24) is 4.90 Å². The fraction of sp³-hybridized carbons (Fsp3) is 0.429. The van der Waals surface area contributed by atoms with Crippen LogP contribution in [-0.2, 0) is 19.7 Å². The van der Waals surface area contributed by atoms with Gasteiger partial charge in [0.2, 0.25) is 5.91 Å². The Bertz CT molecular complexity index is 878. The summed E-state index contributed by atoms with van der Waals surface area (Å²) in [4.78, 5) is 29.1. The molecule has 1 amide bonds. The lowest BCUT2D eigenvalue weighted by Crippen LogP contribution is -2.61. The van der Waals surface area contributed by atoms with E-state index in [0.29, 0.717) is 6.42 Å². The van der Waals surface area contributed by atoms with Crippen molar-refractivity contribution in [3.05, 3.63) is 54.6 Å². The number of esters is 1. The summed E-state index contributed by atoms with van der Waals surface area (Å²) in [6.45, 7) is 5.79. The lowest BCUT2D eigenvalue weighted by Gasteiger charge is -2.48. The average Bonchev–Trinajstić information content (AvgIpc) is 3.19. The highest BCUT2D eigenvalue weighted by Gasteiger charge is 2.79. The fourth-order valence-corrected chi connectivity index (χ4v) is 6.39. The molecule has 3 aliphatic heterocycles. The maximum atomic E-state index is 13.5. The predicted molar refractivity (Wildman–Crippen MR) is 97.6 cm³/mol. The molecule has 5 heteroatoms. The summed E-state index contributed by atoms with van der Waals surface area (Å²) in [6, 6.07) is 7.93. The average molecular weight is 350 g/mol. The second kappa shape index (κ2) is 4.86. The molecule has 0 bridgehead atoms. The lowest BCUT2D eigenvalue weighted by molar-refractivity contribution is -0.162. The van der Waals surface area contributed by atoms with Crippen molar-refractivity contribution < 1.29 is 14.3 Å². The molecule has 1 aliphatic carbocycles. The van der Waals surface area contributed by atoms with E-state index in [1.54, 1.807) is 0 Å². The van der Waals surface area contributed by atoms with Crippen molar-refractivity contribution in [3.8, 4) is 0 Å². The number of ether oxygens (including phenoxy) is 1. The minimum atomic E-state index is -1.24. The van der Waals surface area contributed by atoms with Gasteiger partial charge in [-0.3, -0.25) is 14.5 Å². The smallest absolute Gasteiger partial charge is 0.322 e. The van der Waals surface area contributed by atoms with Crippen LogP contribution in [0.4, 0.5) is 5.69 Å². The Labute approximate surface area is 152 Å². The third-order valence-corrected chi connectivity index (χ3v) is 7.19. The Kier molecular flexibility index (Phi) is 2.96. The van der Waals surface area contributed by atoms with Gasteiger partial charge in [0.05, 0.1) is 7.11 Å². The van der Waals surface area contributed by atoms with E-state index >= 15 is 0 Å². The van der Waals surface area contributed by atoms with Gasteiger partial charge in [-0.15, -0.1) is 6.58 Å². The van der Waals surface area contributed by atoms with Gasteiger partial charge in [0.15, 0.2) is 5.41 Å². The maximum Gasteiger partial charge on any atom is 0.322 e. The summed E-state index contributed by atoms with van der Waals surface area (Å²) in [5.41, 5.74) is -0.390. The van der Waals surface area contributed by atoms with Gasteiger partial charge >= 0.3 is 5.97 Å². The van der Waals surface area contributed by atoms with Crippen LogP contribution in [0.25, 0.3) is 0 Å².